The third-order valence-corrected chi connectivity index (χ3v) is 7.31. The number of aromatic nitrogens is 2. The van der Waals surface area contributed by atoms with Gasteiger partial charge in [0, 0.05) is 25.7 Å². The standard InChI is InChI=1S/C22H29ClF3N3O2.ClH/c1-2-13-31-17-5-9-21(23,10-6-17)28-11-7-16(8-12-28)29-19-4-3-15(22(24,25)26)14-18(19)27-20(29)30;/h3-4,14,16-17H,2,5-13H2,1H3,(H,27,30);1H. The van der Waals surface area contributed by atoms with Gasteiger partial charge in [-0.25, -0.2) is 4.79 Å². The van der Waals surface area contributed by atoms with E-state index in [0.717, 1.165) is 76.8 Å². The van der Waals surface area contributed by atoms with Crippen molar-refractivity contribution >= 4 is 35.0 Å². The number of nitrogens with one attached hydrogen (secondary N) is 1. The minimum absolute atomic E-state index is 0. The predicted molar refractivity (Wildman–Crippen MR) is 122 cm³/mol. The van der Waals surface area contributed by atoms with Crippen LogP contribution < -0.4 is 5.69 Å². The second kappa shape index (κ2) is 9.95. The van der Waals surface area contributed by atoms with Crippen LogP contribution in [0.25, 0.3) is 11.0 Å². The van der Waals surface area contributed by atoms with Crippen molar-refractivity contribution in [3.05, 3.63) is 34.2 Å². The van der Waals surface area contributed by atoms with Crippen molar-refractivity contribution in [1.82, 2.24) is 14.5 Å². The van der Waals surface area contributed by atoms with Crippen LogP contribution in [0, 0.1) is 0 Å². The number of piperidine rings is 1. The van der Waals surface area contributed by atoms with Gasteiger partial charge in [0.05, 0.1) is 27.7 Å². The molecule has 0 atom stereocenters. The highest BCUT2D eigenvalue weighted by atomic mass is 35.5. The number of nitrogens with zero attached hydrogens (tertiary/aromatic N) is 2. The van der Waals surface area contributed by atoms with E-state index in [1.807, 2.05) is 0 Å². The summed E-state index contributed by atoms with van der Waals surface area (Å²) in [5, 5.41) is 0. The molecule has 180 valence electrons. The average Bonchev–Trinajstić information content (AvgIpc) is 3.08. The van der Waals surface area contributed by atoms with E-state index < -0.39 is 11.7 Å². The summed E-state index contributed by atoms with van der Waals surface area (Å²) in [5.74, 6) is 0. The molecule has 0 bridgehead atoms. The Morgan fingerprint density at radius 2 is 1.84 bits per heavy atom. The summed E-state index contributed by atoms with van der Waals surface area (Å²) in [7, 11) is 0. The van der Waals surface area contributed by atoms with Crippen molar-refractivity contribution in [3.63, 3.8) is 0 Å². The number of halogens is 5. The number of imidazole rings is 1. The zero-order valence-corrected chi connectivity index (χ0v) is 19.7. The molecule has 0 amide bonds. The van der Waals surface area contributed by atoms with E-state index in [9.17, 15) is 18.0 Å². The number of H-pyrrole nitrogens is 1. The number of aromatic amines is 1. The van der Waals surface area contributed by atoms with Crippen LogP contribution in [0.15, 0.2) is 23.0 Å². The van der Waals surface area contributed by atoms with Crippen molar-refractivity contribution in [2.24, 2.45) is 0 Å². The lowest BCUT2D eigenvalue weighted by molar-refractivity contribution is -0.137. The molecule has 2 heterocycles. The molecule has 1 aromatic carbocycles. The lowest BCUT2D eigenvalue weighted by Gasteiger charge is -2.46. The van der Waals surface area contributed by atoms with E-state index in [-0.39, 0.29) is 40.8 Å². The number of likely N-dealkylation sites (tertiary alicyclic amines) is 1. The molecule has 2 fully saturated rings. The molecule has 4 rings (SSSR count). The van der Waals surface area contributed by atoms with E-state index in [1.165, 1.54) is 6.07 Å². The molecule has 1 saturated heterocycles. The molecule has 2 aliphatic rings. The maximum Gasteiger partial charge on any atom is 0.416 e. The van der Waals surface area contributed by atoms with Gasteiger partial charge in [0.25, 0.3) is 0 Å². The van der Waals surface area contributed by atoms with Crippen LogP contribution >= 0.6 is 24.0 Å². The van der Waals surface area contributed by atoms with Crippen molar-refractivity contribution in [2.75, 3.05) is 19.7 Å². The van der Waals surface area contributed by atoms with Gasteiger partial charge in [-0.05, 0) is 63.1 Å². The second-order valence-electron chi connectivity index (χ2n) is 8.74. The molecule has 0 unspecified atom stereocenters. The third kappa shape index (κ3) is 5.13. The Balaban J connectivity index is 0.00000289. The van der Waals surface area contributed by atoms with Gasteiger partial charge in [-0.1, -0.05) is 6.92 Å². The number of alkyl halides is 4. The molecule has 1 aliphatic carbocycles. The minimum Gasteiger partial charge on any atom is -0.378 e. The third-order valence-electron chi connectivity index (χ3n) is 6.70. The molecule has 1 aromatic heterocycles. The zero-order valence-electron chi connectivity index (χ0n) is 18.1. The Bertz CT molecular complexity index is 959. The Morgan fingerprint density at radius 1 is 1.19 bits per heavy atom. The van der Waals surface area contributed by atoms with Crippen LogP contribution in [-0.4, -0.2) is 45.2 Å². The maximum absolute atomic E-state index is 13.0. The number of hydrogen-bond donors (Lipinski definition) is 1. The van der Waals surface area contributed by atoms with Gasteiger partial charge in [0.1, 0.15) is 0 Å². The number of benzene rings is 1. The largest absolute Gasteiger partial charge is 0.416 e. The van der Waals surface area contributed by atoms with E-state index in [0.29, 0.717) is 5.52 Å². The molecular weight excluding hydrogens is 466 g/mol. The van der Waals surface area contributed by atoms with Gasteiger partial charge in [0.2, 0.25) is 0 Å². The number of hydrogen-bond acceptors (Lipinski definition) is 3. The molecule has 0 spiro atoms. The summed E-state index contributed by atoms with van der Waals surface area (Å²) in [6.07, 6.45) is 1.99. The summed E-state index contributed by atoms with van der Waals surface area (Å²) >= 11 is 7.00. The SMILES string of the molecule is CCCOC1CCC(Cl)(N2CCC(n3c(=O)[nH]c4cc(C(F)(F)F)ccc43)CC2)CC1.Cl. The lowest BCUT2D eigenvalue weighted by atomic mass is 9.89. The predicted octanol–water partition coefficient (Wildman–Crippen LogP) is 5.71. The molecule has 5 nitrogen and oxygen atoms in total. The van der Waals surface area contributed by atoms with Crippen LogP contribution in [-0.2, 0) is 10.9 Å². The molecule has 10 heteroatoms. The molecular formula is C22H30Cl2F3N3O2. The van der Waals surface area contributed by atoms with Gasteiger partial charge < -0.3 is 9.72 Å². The molecule has 0 radical (unpaired) electrons. The fourth-order valence-corrected chi connectivity index (χ4v) is 5.38. The summed E-state index contributed by atoms with van der Waals surface area (Å²) in [6.45, 7) is 4.41. The summed E-state index contributed by atoms with van der Waals surface area (Å²) in [6, 6.07) is 3.38. The Kier molecular flexibility index (Phi) is 7.90. The molecule has 1 saturated carbocycles. The molecule has 1 aliphatic heterocycles. The van der Waals surface area contributed by atoms with Crippen molar-refractivity contribution < 1.29 is 17.9 Å². The number of fused-ring (bicyclic) bond motifs is 1. The summed E-state index contributed by atoms with van der Waals surface area (Å²) < 4.78 is 46.5. The lowest BCUT2D eigenvalue weighted by Crippen LogP contribution is -2.51. The highest BCUT2D eigenvalue weighted by Crippen LogP contribution is 2.41. The highest BCUT2D eigenvalue weighted by Gasteiger charge is 2.41. The minimum atomic E-state index is -4.44. The monoisotopic (exact) mass is 495 g/mol. The molecule has 1 N–H and O–H groups in total. The fraction of sp³-hybridized carbons (Fsp3) is 0.682. The van der Waals surface area contributed by atoms with Gasteiger partial charge >= 0.3 is 11.9 Å². The average molecular weight is 496 g/mol. The summed E-state index contributed by atoms with van der Waals surface area (Å²) in [5.41, 5.74) is -0.375. The van der Waals surface area contributed by atoms with E-state index in [4.69, 9.17) is 16.3 Å². The van der Waals surface area contributed by atoms with Gasteiger partial charge in [0.15, 0.2) is 0 Å². The van der Waals surface area contributed by atoms with Crippen LogP contribution in [0.2, 0.25) is 0 Å². The summed E-state index contributed by atoms with van der Waals surface area (Å²) in [4.78, 5) is 17.1. The van der Waals surface area contributed by atoms with Crippen molar-refractivity contribution in [2.45, 2.75) is 75.2 Å². The first-order chi connectivity index (χ1) is 14.7. The molecule has 2 aromatic rings. The Labute approximate surface area is 196 Å². The number of ether oxygens (including phenoxy) is 1. The molecule has 32 heavy (non-hydrogen) atoms. The normalized spacial score (nSPS) is 25.7. The maximum atomic E-state index is 13.0. The second-order valence-corrected chi connectivity index (χ2v) is 9.44. The van der Waals surface area contributed by atoms with Crippen LogP contribution in [0.4, 0.5) is 13.2 Å². The van der Waals surface area contributed by atoms with Crippen LogP contribution in [0.5, 0.6) is 0 Å². The Morgan fingerprint density at radius 3 is 2.44 bits per heavy atom. The first-order valence-corrected chi connectivity index (χ1v) is 11.5. The van der Waals surface area contributed by atoms with Crippen molar-refractivity contribution in [1.29, 1.82) is 0 Å². The zero-order chi connectivity index (χ0) is 22.2. The van der Waals surface area contributed by atoms with Gasteiger partial charge in [-0.3, -0.25) is 9.47 Å². The highest BCUT2D eigenvalue weighted by molar-refractivity contribution is 6.23. The van der Waals surface area contributed by atoms with Gasteiger partial charge in [-0.2, -0.15) is 13.2 Å². The van der Waals surface area contributed by atoms with E-state index >= 15 is 0 Å². The first-order valence-electron chi connectivity index (χ1n) is 11.1. The fourth-order valence-electron chi connectivity index (χ4n) is 5.00. The van der Waals surface area contributed by atoms with E-state index in [2.05, 4.69) is 16.8 Å². The smallest absolute Gasteiger partial charge is 0.378 e. The van der Waals surface area contributed by atoms with Crippen molar-refractivity contribution in [3.8, 4) is 0 Å². The number of rotatable bonds is 5. The Hall–Kier alpha value is -1.22. The topological polar surface area (TPSA) is 50.3 Å². The van der Waals surface area contributed by atoms with E-state index in [1.54, 1.807) is 4.57 Å². The van der Waals surface area contributed by atoms with Crippen LogP contribution in [0.3, 0.4) is 0 Å². The first kappa shape index (κ1) is 25.4. The van der Waals surface area contributed by atoms with Crippen LogP contribution in [0.1, 0.15) is 63.5 Å². The quantitative estimate of drug-likeness (QED) is 0.426. The van der Waals surface area contributed by atoms with Gasteiger partial charge in [-0.15, -0.1) is 24.0 Å².